The van der Waals surface area contributed by atoms with Gasteiger partial charge in [0, 0.05) is 26.4 Å². The van der Waals surface area contributed by atoms with Crippen molar-refractivity contribution in [3.63, 3.8) is 0 Å². The molecule has 0 aromatic heterocycles. The Morgan fingerprint density at radius 2 is 0.444 bits per heavy atom. The highest BCUT2D eigenvalue weighted by molar-refractivity contribution is 4.99. The fraction of sp³-hybridized carbons (Fsp3) is 0.800. The first-order valence-corrected chi connectivity index (χ1v) is 14.5. The Morgan fingerprint density at radius 1 is 0.222 bits per heavy atom. The summed E-state index contributed by atoms with van der Waals surface area (Å²) in [5.74, 6) is 0. The second kappa shape index (κ2) is 30.2. The van der Waals surface area contributed by atoms with Crippen LogP contribution in [0.5, 0.6) is 0 Å². The molecule has 0 bridgehead atoms. The van der Waals surface area contributed by atoms with E-state index in [2.05, 4.69) is 0 Å². The Morgan fingerprint density at radius 3 is 0.556 bits per heavy atom. The smallest absolute Gasteiger partial charge is 0.146 e. The van der Waals surface area contributed by atoms with Crippen LogP contribution in [0.4, 0.5) is 0 Å². The topological polar surface area (TPSA) is 55.4 Å². The Hall–Kier alpha value is -1.02. The van der Waals surface area contributed by atoms with Crippen LogP contribution in [0.2, 0.25) is 0 Å². The van der Waals surface area contributed by atoms with Gasteiger partial charge in [-0.1, -0.05) is 74.9 Å². The lowest BCUT2D eigenvalue weighted by molar-refractivity contribution is -0.0965. The monoisotopic (exact) mass is 510 g/mol. The predicted molar refractivity (Wildman–Crippen MR) is 146 cm³/mol. The van der Waals surface area contributed by atoms with Crippen LogP contribution in [0.25, 0.3) is 0 Å². The van der Waals surface area contributed by atoms with Crippen LogP contribution >= 0.6 is 0 Å². The lowest BCUT2D eigenvalue weighted by atomic mass is 10.0. The molecule has 5 fully saturated rings. The number of ether oxygens (including phenoxy) is 6. The van der Waals surface area contributed by atoms with Crippen molar-refractivity contribution in [1.29, 1.82) is 0 Å². The molecule has 4 aliphatic heterocycles. The predicted octanol–water partition coefficient (Wildman–Crippen LogP) is 7.16. The summed E-state index contributed by atoms with van der Waals surface area (Å²) in [6.45, 7) is 8.50. The van der Waals surface area contributed by atoms with Gasteiger partial charge in [0.25, 0.3) is 0 Å². The molecule has 0 spiro atoms. The Bertz CT molecular complexity index is 328. The van der Waals surface area contributed by atoms with Crippen molar-refractivity contribution in [2.75, 3.05) is 66.4 Å². The molecule has 4 heterocycles. The van der Waals surface area contributed by atoms with Crippen LogP contribution in [0.1, 0.15) is 89.9 Å². The standard InChI is InChI=1S/C6H12.C6H6.2C5H10O.2C4H8O2/c4*1-2-4-6-5-3-1;2*1-2-5-4-6-3-1/h1-6H2;1-6H;2*1-5H2;2*1-4H2. The van der Waals surface area contributed by atoms with E-state index in [0.717, 1.165) is 65.7 Å². The van der Waals surface area contributed by atoms with E-state index in [1.54, 1.807) is 0 Å². The van der Waals surface area contributed by atoms with Gasteiger partial charge in [0.05, 0.1) is 26.4 Å². The average Bonchev–Trinajstić information content (AvgIpc) is 3.04. The van der Waals surface area contributed by atoms with E-state index in [4.69, 9.17) is 28.4 Å². The van der Waals surface area contributed by atoms with E-state index < -0.39 is 0 Å². The van der Waals surface area contributed by atoms with Gasteiger partial charge >= 0.3 is 0 Å². The maximum Gasteiger partial charge on any atom is 0.146 e. The molecular formula is C30H54O6. The summed E-state index contributed by atoms with van der Waals surface area (Å²) in [5.41, 5.74) is 0. The molecule has 6 nitrogen and oxygen atoms in total. The Balaban J connectivity index is 0.000000216. The Kier molecular flexibility index (Phi) is 27.7. The van der Waals surface area contributed by atoms with E-state index in [-0.39, 0.29) is 0 Å². The van der Waals surface area contributed by atoms with E-state index in [9.17, 15) is 0 Å². The molecule has 0 atom stereocenters. The van der Waals surface area contributed by atoms with Gasteiger partial charge in [-0.15, -0.1) is 0 Å². The minimum Gasteiger partial charge on any atom is -0.381 e. The summed E-state index contributed by atoms with van der Waals surface area (Å²) in [6, 6.07) is 12.0. The maximum absolute atomic E-state index is 5.07. The number of rotatable bonds is 0. The van der Waals surface area contributed by atoms with Crippen LogP contribution in [0.3, 0.4) is 0 Å². The van der Waals surface area contributed by atoms with Crippen LogP contribution in [-0.2, 0) is 28.4 Å². The fourth-order valence-electron chi connectivity index (χ4n) is 3.70. The van der Waals surface area contributed by atoms with Gasteiger partial charge in [-0.3, -0.25) is 0 Å². The largest absolute Gasteiger partial charge is 0.381 e. The molecular weight excluding hydrogens is 456 g/mol. The van der Waals surface area contributed by atoms with Crippen molar-refractivity contribution in [1.82, 2.24) is 0 Å². The fourth-order valence-corrected chi connectivity index (χ4v) is 3.70. The summed E-state index contributed by atoms with van der Waals surface area (Å²) in [6.07, 6.45) is 19.0. The molecule has 0 unspecified atom stereocenters. The van der Waals surface area contributed by atoms with Crippen molar-refractivity contribution in [2.24, 2.45) is 0 Å². The van der Waals surface area contributed by atoms with Gasteiger partial charge in [0.1, 0.15) is 13.6 Å². The zero-order valence-corrected chi connectivity index (χ0v) is 22.9. The summed E-state index contributed by atoms with van der Waals surface area (Å²) in [4.78, 5) is 0. The van der Waals surface area contributed by atoms with Gasteiger partial charge in [0.15, 0.2) is 0 Å². The molecule has 210 valence electrons. The molecule has 5 aliphatic rings. The van der Waals surface area contributed by atoms with E-state index in [0.29, 0.717) is 13.6 Å². The second-order valence-corrected chi connectivity index (χ2v) is 9.20. The molecule has 1 saturated carbocycles. The van der Waals surface area contributed by atoms with Crippen molar-refractivity contribution >= 4 is 0 Å². The van der Waals surface area contributed by atoms with Crippen LogP contribution in [-0.4, -0.2) is 66.4 Å². The maximum atomic E-state index is 5.07. The highest BCUT2D eigenvalue weighted by Crippen LogP contribution is 2.15. The minimum atomic E-state index is 0.500. The molecule has 0 radical (unpaired) electrons. The summed E-state index contributed by atoms with van der Waals surface area (Å²) in [5, 5.41) is 0. The first-order valence-electron chi connectivity index (χ1n) is 14.5. The number of hydrogen-bond acceptors (Lipinski definition) is 6. The molecule has 1 aromatic carbocycles. The normalized spacial score (nSPS) is 21.3. The van der Waals surface area contributed by atoms with E-state index in [1.165, 1.54) is 77.0 Å². The van der Waals surface area contributed by atoms with Crippen molar-refractivity contribution in [3.8, 4) is 0 Å². The summed E-state index contributed by atoms with van der Waals surface area (Å²) in [7, 11) is 0. The third kappa shape index (κ3) is 27.6. The molecule has 6 rings (SSSR count). The Labute approximate surface area is 221 Å². The van der Waals surface area contributed by atoms with Gasteiger partial charge in [0.2, 0.25) is 0 Å². The zero-order chi connectivity index (χ0) is 25.5. The number of hydrogen-bond donors (Lipinski definition) is 0. The lowest BCUT2D eigenvalue weighted by Gasteiger charge is -2.09. The highest BCUT2D eigenvalue weighted by Gasteiger charge is 1.97. The van der Waals surface area contributed by atoms with Crippen LogP contribution in [0, 0.1) is 0 Å². The molecule has 0 amide bonds. The lowest BCUT2D eigenvalue weighted by Crippen LogP contribution is -2.11. The summed E-state index contributed by atoms with van der Waals surface area (Å²) < 4.78 is 29.5. The average molecular weight is 511 g/mol. The van der Waals surface area contributed by atoms with Crippen molar-refractivity contribution in [2.45, 2.75) is 89.9 Å². The van der Waals surface area contributed by atoms with Crippen LogP contribution in [0.15, 0.2) is 36.4 Å². The third-order valence-electron chi connectivity index (χ3n) is 5.81. The molecule has 1 aliphatic carbocycles. The van der Waals surface area contributed by atoms with Gasteiger partial charge < -0.3 is 28.4 Å². The SMILES string of the molecule is C1CCCCC1.C1CCOCC1.C1CCOCC1.C1COCOC1.C1COCOC1.c1ccccc1. The number of benzene rings is 1. The zero-order valence-electron chi connectivity index (χ0n) is 22.9. The van der Waals surface area contributed by atoms with Gasteiger partial charge in [-0.05, 0) is 51.4 Å². The van der Waals surface area contributed by atoms with Gasteiger partial charge in [-0.2, -0.15) is 0 Å². The summed E-state index contributed by atoms with van der Waals surface area (Å²) >= 11 is 0. The molecule has 4 saturated heterocycles. The molecule has 0 N–H and O–H groups in total. The van der Waals surface area contributed by atoms with Gasteiger partial charge in [-0.25, -0.2) is 0 Å². The molecule has 1 aromatic rings. The first-order chi connectivity index (χ1) is 18.0. The molecule has 6 heteroatoms. The van der Waals surface area contributed by atoms with Crippen molar-refractivity contribution in [3.05, 3.63) is 36.4 Å². The quantitative estimate of drug-likeness (QED) is 0.369. The third-order valence-corrected chi connectivity index (χ3v) is 5.81. The van der Waals surface area contributed by atoms with E-state index >= 15 is 0 Å². The molecule has 36 heavy (non-hydrogen) atoms. The highest BCUT2D eigenvalue weighted by atomic mass is 16.7. The van der Waals surface area contributed by atoms with Crippen molar-refractivity contribution < 1.29 is 28.4 Å². The van der Waals surface area contributed by atoms with E-state index in [1.807, 2.05) is 36.4 Å². The minimum absolute atomic E-state index is 0.500. The second-order valence-electron chi connectivity index (χ2n) is 9.20. The first kappa shape index (κ1) is 33.0. The van der Waals surface area contributed by atoms with Crippen LogP contribution < -0.4 is 0 Å².